The molecule has 5 nitrogen and oxygen atoms in total. The molecule has 1 aromatic carbocycles. The van der Waals surface area contributed by atoms with Gasteiger partial charge in [0.15, 0.2) is 11.7 Å². The second-order valence-corrected chi connectivity index (χ2v) is 6.51. The molecule has 1 aromatic heterocycles. The summed E-state index contributed by atoms with van der Waals surface area (Å²) in [7, 11) is 0. The lowest BCUT2D eigenvalue weighted by Crippen LogP contribution is -2.32. The third kappa shape index (κ3) is 5.00. The van der Waals surface area contributed by atoms with Crippen molar-refractivity contribution in [1.82, 2.24) is 10.3 Å². The Morgan fingerprint density at radius 1 is 1.29 bits per heavy atom. The molecule has 0 fully saturated rings. The van der Waals surface area contributed by atoms with Crippen molar-refractivity contribution >= 4 is 23.0 Å². The van der Waals surface area contributed by atoms with Crippen molar-refractivity contribution in [2.45, 2.75) is 32.6 Å². The highest BCUT2D eigenvalue weighted by Gasteiger charge is 2.23. The molecule has 0 aliphatic heterocycles. The molecule has 124 valence electrons. The van der Waals surface area contributed by atoms with Crippen molar-refractivity contribution in [3.8, 4) is 6.07 Å². The lowest BCUT2D eigenvalue weighted by atomic mass is 10.1. The van der Waals surface area contributed by atoms with Gasteiger partial charge in [0.2, 0.25) is 5.91 Å². The van der Waals surface area contributed by atoms with Gasteiger partial charge in [0.25, 0.3) is 0 Å². The van der Waals surface area contributed by atoms with Gasteiger partial charge in [-0.15, -0.1) is 11.3 Å². The van der Waals surface area contributed by atoms with Crippen LogP contribution in [0.15, 0.2) is 29.6 Å². The third-order valence-electron chi connectivity index (χ3n) is 3.56. The molecule has 1 unspecified atom stereocenters. The molecule has 0 aliphatic rings. The van der Waals surface area contributed by atoms with E-state index in [-0.39, 0.29) is 18.2 Å². The summed E-state index contributed by atoms with van der Waals surface area (Å²) in [6.07, 6.45) is 0.928. The summed E-state index contributed by atoms with van der Waals surface area (Å²) >= 11 is 1.29. The number of ketones is 1. The maximum atomic E-state index is 12.1. The molecule has 1 N–H and O–H groups in total. The molecule has 1 amide bonds. The van der Waals surface area contributed by atoms with Gasteiger partial charge in [0.1, 0.15) is 5.01 Å². The number of Topliss-reactive ketones (excluding diaryl/α,β-unsaturated/α-hetero) is 1. The fraction of sp³-hybridized carbons (Fsp3) is 0.333. The van der Waals surface area contributed by atoms with Crippen LogP contribution in [-0.2, 0) is 16.0 Å². The number of hydrogen-bond acceptors (Lipinski definition) is 5. The van der Waals surface area contributed by atoms with E-state index in [1.165, 1.54) is 16.9 Å². The largest absolute Gasteiger partial charge is 0.349 e. The van der Waals surface area contributed by atoms with Gasteiger partial charge in [-0.2, -0.15) is 5.26 Å². The van der Waals surface area contributed by atoms with Gasteiger partial charge >= 0.3 is 0 Å². The normalized spacial score (nSPS) is 11.5. The highest BCUT2D eigenvalue weighted by atomic mass is 32.1. The van der Waals surface area contributed by atoms with Crippen LogP contribution in [0.2, 0.25) is 0 Å². The average Bonchev–Trinajstić information content (AvgIpc) is 2.99. The first-order valence-corrected chi connectivity index (χ1v) is 8.54. The highest BCUT2D eigenvalue weighted by molar-refractivity contribution is 7.09. The molecule has 2 rings (SSSR count). The van der Waals surface area contributed by atoms with E-state index in [9.17, 15) is 14.9 Å². The molecule has 0 saturated carbocycles. The zero-order valence-corrected chi connectivity index (χ0v) is 14.5. The molecule has 0 bridgehead atoms. The molecule has 0 spiro atoms. The first kappa shape index (κ1) is 17.8. The summed E-state index contributed by atoms with van der Waals surface area (Å²) in [5, 5.41) is 14.1. The number of nitrogens with one attached hydrogen (secondary N) is 1. The number of aromatic nitrogens is 1. The smallest absolute Gasteiger partial charge is 0.220 e. The Labute approximate surface area is 145 Å². The molecule has 6 heteroatoms. The number of carbonyl (C=O) groups is 2. The SMILES string of the molecule is Cc1ccc(CCC(=O)NCC(=O)C(C#N)c2nc(C)cs2)cc1. The fourth-order valence-electron chi connectivity index (χ4n) is 2.16. The van der Waals surface area contributed by atoms with E-state index in [0.717, 1.165) is 11.3 Å². The Kier molecular flexibility index (Phi) is 6.21. The van der Waals surface area contributed by atoms with Crippen LogP contribution < -0.4 is 5.32 Å². The molecule has 1 heterocycles. The zero-order chi connectivity index (χ0) is 17.5. The van der Waals surface area contributed by atoms with E-state index in [1.54, 1.807) is 5.38 Å². The molecular weight excluding hydrogens is 322 g/mol. The van der Waals surface area contributed by atoms with Crippen LogP contribution in [0.25, 0.3) is 0 Å². The number of aryl methyl sites for hydroxylation is 3. The summed E-state index contributed by atoms with van der Waals surface area (Å²) in [5.74, 6) is -1.45. The second kappa shape index (κ2) is 8.37. The van der Waals surface area contributed by atoms with Crippen LogP contribution in [0.5, 0.6) is 0 Å². The van der Waals surface area contributed by atoms with Gasteiger partial charge < -0.3 is 5.32 Å². The van der Waals surface area contributed by atoms with E-state index in [2.05, 4.69) is 10.3 Å². The molecule has 2 aromatic rings. The van der Waals surface area contributed by atoms with Gasteiger partial charge in [0.05, 0.1) is 12.6 Å². The zero-order valence-electron chi connectivity index (χ0n) is 13.7. The minimum atomic E-state index is -0.916. The number of thiazole rings is 1. The van der Waals surface area contributed by atoms with Crippen molar-refractivity contribution in [1.29, 1.82) is 5.26 Å². The van der Waals surface area contributed by atoms with Crippen LogP contribution in [-0.4, -0.2) is 23.2 Å². The first-order valence-electron chi connectivity index (χ1n) is 7.66. The average molecular weight is 341 g/mol. The highest BCUT2D eigenvalue weighted by Crippen LogP contribution is 2.20. The van der Waals surface area contributed by atoms with Gasteiger partial charge in [-0.3, -0.25) is 9.59 Å². The monoisotopic (exact) mass is 341 g/mol. The predicted octanol–water partition coefficient (Wildman–Crippen LogP) is 2.69. The summed E-state index contributed by atoms with van der Waals surface area (Å²) < 4.78 is 0. The molecular formula is C18H19N3O2S. The maximum Gasteiger partial charge on any atom is 0.220 e. The third-order valence-corrected chi connectivity index (χ3v) is 4.58. The van der Waals surface area contributed by atoms with Gasteiger partial charge in [0, 0.05) is 17.5 Å². The molecule has 1 atom stereocenters. The fourth-order valence-corrected chi connectivity index (χ4v) is 3.02. The van der Waals surface area contributed by atoms with Crippen LogP contribution >= 0.6 is 11.3 Å². The maximum absolute atomic E-state index is 12.1. The first-order chi connectivity index (χ1) is 11.5. The Balaban J connectivity index is 1.81. The molecule has 0 radical (unpaired) electrons. The molecule has 0 aliphatic carbocycles. The summed E-state index contributed by atoms with van der Waals surface area (Å²) in [6, 6.07) is 9.95. The Hall–Kier alpha value is -2.52. The van der Waals surface area contributed by atoms with Gasteiger partial charge in [-0.25, -0.2) is 4.98 Å². The number of amides is 1. The number of carbonyl (C=O) groups excluding carboxylic acids is 2. The Morgan fingerprint density at radius 3 is 2.58 bits per heavy atom. The standard InChI is InChI=1S/C18H19N3O2S/c1-12-3-5-14(6-4-12)7-8-17(23)20-10-16(22)15(9-19)18-21-13(2)11-24-18/h3-6,11,15H,7-8,10H2,1-2H3,(H,20,23). The lowest BCUT2D eigenvalue weighted by molar-refractivity contribution is -0.125. The van der Waals surface area contributed by atoms with E-state index < -0.39 is 5.92 Å². The lowest BCUT2D eigenvalue weighted by Gasteiger charge is -2.07. The van der Waals surface area contributed by atoms with Gasteiger partial charge in [-0.05, 0) is 25.8 Å². The van der Waals surface area contributed by atoms with E-state index >= 15 is 0 Å². The molecule has 0 saturated heterocycles. The van der Waals surface area contributed by atoms with Gasteiger partial charge in [-0.1, -0.05) is 29.8 Å². The van der Waals surface area contributed by atoms with E-state index in [1.807, 2.05) is 44.2 Å². The Morgan fingerprint density at radius 2 is 2.00 bits per heavy atom. The van der Waals surface area contributed by atoms with Crippen LogP contribution in [0.1, 0.15) is 34.2 Å². The molecule has 24 heavy (non-hydrogen) atoms. The van der Waals surface area contributed by atoms with Crippen LogP contribution in [0.4, 0.5) is 0 Å². The predicted molar refractivity (Wildman–Crippen MR) is 92.7 cm³/mol. The Bertz CT molecular complexity index is 759. The van der Waals surface area contributed by atoms with Crippen molar-refractivity contribution in [3.05, 3.63) is 51.5 Å². The van der Waals surface area contributed by atoms with Crippen molar-refractivity contribution < 1.29 is 9.59 Å². The topological polar surface area (TPSA) is 82.9 Å². The number of benzene rings is 1. The quantitative estimate of drug-likeness (QED) is 0.839. The summed E-state index contributed by atoms with van der Waals surface area (Å²) in [4.78, 5) is 28.2. The number of rotatable bonds is 7. The van der Waals surface area contributed by atoms with Crippen molar-refractivity contribution in [2.24, 2.45) is 0 Å². The number of nitriles is 1. The minimum absolute atomic E-state index is 0.149. The number of nitrogens with zero attached hydrogens (tertiary/aromatic N) is 2. The summed E-state index contributed by atoms with van der Waals surface area (Å²) in [5.41, 5.74) is 3.04. The minimum Gasteiger partial charge on any atom is -0.349 e. The van der Waals surface area contributed by atoms with Crippen molar-refractivity contribution in [2.75, 3.05) is 6.54 Å². The van der Waals surface area contributed by atoms with E-state index in [0.29, 0.717) is 17.8 Å². The second-order valence-electron chi connectivity index (χ2n) is 5.62. The van der Waals surface area contributed by atoms with Crippen LogP contribution in [0.3, 0.4) is 0 Å². The van der Waals surface area contributed by atoms with E-state index in [4.69, 9.17) is 0 Å². The van der Waals surface area contributed by atoms with Crippen LogP contribution in [0, 0.1) is 25.2 Å². The van der Waals surface area contributed by atoms with Crippen molar-refractivity contribution in [3.63, 3.8) is 0 Å². The number of hydrogen-bond donors (Lipinski definition) is 1. The summed E-state index contributed by atoms with van der Waals surface area (Å²) in [6.45, 7) is 3.67.